The summed E-state index contributed by atoms with van der Waals surface area (Å²) in [6.07, 6.45) is -2.14. The summed E-state index contributed by atoms with van der Waals surface area (Å²) in [5.41, 5.74) is -1.10. The van der Waals surface area contributed by atoms with Crippen LogP contribution in [0.15, 0.2) is 59.8 Å². The fraction of sp³-hybridized carbons (Fsp3) is 0.360. The summed E-state index contributed by atoms with van der Waals surface area (Å²) in [5.74, 6) is -0.00470. The Morgan fingerprint density at radius 1 is 1.11 bits per heavy atom. The van der Waals surface area contributed by atoms with E-state index >= 15 is 0 Å². The van der Waals surface area contributed by atoms with Crippen molar-refractivity contribution in [2.24, 2.45) is 5.92 Å². The molecule has 0 radical (unpaired) electrons. The molecule has 1 atom stereocenters. The zero-order valence-electron chi connectivity index (χ0n) is 21.0. The second-order valence-corrected chi connectivity index (χ2v) is 11.4. The summed E-state index contributed by atoms with van der Waals surface area (Å²) in [5, 5.41) is 2.33. The molecule has 3 aromatic rings. The van der Waals surface area contributed by atoms with Crippen LogP contribution in [0, 0.1) is 5.92 Å². The van der Waals surface area contributed by atoms with Crippen molar-refractivity contribution in [3.8, 4) is 0 Å². The third-order valence-electron chi connectivity index (χ3n) is 6.13. The van der Waals surface area contributed by atoms with Crippen LogP contribution >= 0.6 is 0 Å². The summed E-state index contributed by atoms with van der Waals surface area (Å²) in [7, 11) is -4.38. The van der Waals surface area contributed by atoms with Crippen LogP contribution in [0.1, 0.15) is 48.9 Å². The van der Waals surface area contributed by atoms with Crippen molar-refractivity contribution < 1.29 is 26.4 Å². The monoisotopic (exact) mass is 548 g/mol. The molecule has 0 aliphatic carbocycles. The lowest BCUT2D eigenvalue weighted by Crippen LogP contribution is -2.41. The highest BCUT2D eigenvalue weighted by atomic mass is 32.2. The fourth-order valence-electron chi connectivity index (χ4n) is 4.56. The van der Waals surface area contributed by atoms with Crippen LogP contribution in [-0.4, -0.2) is 41.4 Å². The van der Waals surface area contributed by atoms with Crippen LogP contribution in [-0.2, 0) is 22.7 Å². The molecule has 4 rings (SSSR count). The molecule has 1 fully saturated rings. The molecular weight excluding hydrogens is 521 g/mol. The largest absolute Gasteiger partial charge is 0.433 e. The van der Waals surface area contributed by atoms with Crippen molar-refractivity contribution in [1.29, 1.82) is 0 Å². The predicted octanol–water partition coefficient (Wildman–Crippen LogP) is 4.25. The fourth-order valence-corrected chi connectivity index (χ4v) is 5.49. The number of amides is 1. The number of halogens is 3. The van der Waals surface area contributed by atoms with E-state index in [1.807, 2.05) is 18.7 Å². The highest BCUT2D eigenvalue weighted by molar-refractivity contribution is 7.90. The van der Waals surface area contributed by atoms with Gasteiger partial charge < -0.3 is 10.2 Å². The van der Waals surface area contributed by atoms with Crippen molar-refractivity contribution in [3.05, 3.63) is 71.7 Å². The lowest BCUT2D eigenvalue weighted by Gasteiger charge is -2.33. The first-order valence-corrected chi connectivity index (χ1v) is 13.3. The zero-order chi connectivity index (χ0) is 27.7. The quantitative estimate of drug-likeness (QED) is 0.450. The Bertz CT molecular complexity index is 1450. The third-order valence-corrected chi connectivity index (χ3v) is 7.37. The molecule has 4 heterocycles. The van der Waals surface area contributed by atoms with E-state index in [1.54, 1.807) is 12.3 Å². The highest BCUT2D eigenvalue weighted by Crippen LogP contribution is 2.37. The van der Waals surface area contributed by atoms with Gasteiger partial charge in [-0.1, -0.05) is 19.1 Å². The van der Waals surface area contributed by atoms with Gasteiger partial charge in [0.15, 0.2) is 5.03 Å². The maximum absolute atomic E-state index is 13.1. The number of sulfonamides is 1. The normalized spacial score (nSPS) is 17.3. The maximum Gasteiger partial charge on any atom is 0.433 e. The van der Waals surface area contributed by atoms with Crippen molar-refractivity contribution in [1.82, 2.24) is 19.7 Å². The topological polar surface area (TPSA) is 117 Å². The van der Waals surface area contributed by atoms with Crippen molar-refractivity contribution in [2.75, 3.05) is 16.8 Å². The number of nitrogens with zero attached hydrogens (tertiary/aromatic N) is 4. The van der Waals surface area contributed by atoms with E-state index in [2.05, 4.69) is 31.9 Å². The van der Waals surface area contributed by atoms with Gasteiger partial charge in [-0.15, -0.1) is 0 Å². The molecule has 1 saturated heterocycles. The van der Waals surface area contributed by atoms with E-state index in [1.165, 1.54) is 36.4 Å². The van der Waals surface area contributed by atoms with Gasteiger partial charge in [-0.3, -0.25) is 4.79 Å². The molecule has 1 amide bonds. The standard InChI is InChI=1S/C25H27F3N6O3S/c1-16-13-24(2,3)34(15-16)22-18(8-6-12-29-22)23(35)33-38(36,37)21-11-5-10-20(32-21)30-14-17-7-4-9-19(31-17)25(26,27)28/h4-12,16H,13-15H2,1-3H3,(H,30,32)(H,33,35). The van der Waals surface area contributed by atoms with Gasteiger partial charge in [-0.05, 0) is 62.6 Å². The Kier molecular flexibility index (Phi) is 7.33. The molecule has 0 aromatic carbocycles. The van der Waals surface area contributed by atoms with Gasteiger partial charge in [0.1, 0.15) is 17.3 Å². The van der Waals surface area contributed by atoms with Crippen molar-refractivity contribution >= 4 is 27.6 Å². The molecule has 202 valence electrons. The average Bonchev–Trinajstić information content (AvgIpc) is 3.13. The number of hydrogen-bond donors (Lipinski definition) is 2. The maximum atomic E-state index is 13.1. The van der Waals surface area contributed by atoms with E-state index < -0.39 is 32.8 Å². The summed E-state index contributed by atoms with van der Waals surface area (Å²) < 4.78 is 66.8. The van der Waals surface area contributed by atoms with Crippen LogP contribution in [0.2, 0.25) is 0 Å². The summed E-state index contributed by atoms with van der Waals surface area (Å²) in [6.45, 7) is 6.73. The van der Waals surface area contributed by atoms with Crippen LogP contribution in [0.3, 0.4) is 0 Å². The number of anilines is 2. The molecule has 1 unspecified atom stereocenters. The molecule has 9 nitrogen and oxygen atoms in total. The molecule has 0 bridgehead atoms. The smallest absolute Gasteiger partial charge is 0.364 e. The van der Waals surface area contributed by atoms with E-state index in [4.69, 9.17) is 0 Å². The minimum Gasteiger partial charge on any atom is -0.364 e. The first-order chi connectivity index (χ1) is 17.8. The molecule has 1 aliphatic rings. The van der Waals surface area contributed by atoms with Gasteiger partial charge in [0.05, 0.1) is 17.8 Å². The Morgan fingerprint density at radius 3 is 2.53 bits per heavy atom. The van der Waals surface area contributed by atoms with Gasteiger partial charge in [0, 0.05) is 18.3 Å². The first kappa shape index (κ1) is 27.3. The van der Waals surface area contributed by atoms with Gasteiger partial charge in [0.2, 0.25) is 0 Å². The van der Waals surface area contributed by atoms with E-state index in [9.17, 15) is 26.4 Å². The Labute approximate surface area is 218 Å². The Morgan fingerprint density at radius 2 is 1.84 bits per heavy atom. The number of aromatic nitrogens is 3. The van der Waals surface area contributed by atoms with Crippen LogP contribution < -0.4 is 14.9 Å². The van der Waals surface area contributed by atoms with E-state index in [0.29, 0.717) is 18.3 Å². The SMILES string of the molecule is CC1CN(c2ncccc2C(=O)NS(=O)(=O)c2cccc(NCc3cccc(C(F)(F)F)n3)n2)C(C)(C)C1. The molecule has 2 N–H and O–H groups in total. The minimum absolute atomic E-state index is 0.0782. The predicted molar refractivity (Wildman–Crippen MR) is 135 cm³/mol. The third kappa shape index (κ3) is 6.04. The van der Waals surface area contributed by atoms with Gasteiger partial charge in [-0.25, -0.2) is 19.7 Å². The number of nitrogens with one attached hydrogen (secondary N) is 2. The van der Waals surface area contributed by atoms with Crippen LogP contribution in [0.4, 0.5) is 24.8 Å². The second-order valence-electron chi connectivity index (χ2n) is 9.77. The van der Waals surface area contributed by atoms with Gasteiger partial charge >= 0.3 is 6.18 Å². The number of carbonyl (C=O) groups is 1. The Balaban J connectivity index is 1.51. The molecule has 1 aliphatic heterocycles. The molecular formula is C25H27F3N6O3S. The number of rotatable bonds is 7. The molecule has 13 heteroatoms. The molecule has 0 saturated carbocycles. The summed E-state index contributed by atoms with van der Waals surface area (Å²) in [6, 6.07) is 10.6. The number of alkyl halides is 3. The highest BCUT2D eigenvalue weighted by Gasteiger charge is 2.39. The minimum atomic E-state index is -4.59. The van der Waals surface area contributed by atoms with Crippen molar-refractivity contribution in [2.45, 2.75) is 50.5 Å². The van der Waals surface area contributed by atoms with E-state index in [-0.39, 0.29) is 29.2 Å². The molecule has 0 spiro atoms. The van der Waals surface area contributed by atoms with Crippen LogP contribution in [0.25, 0.3) is 0 Å². The lowest BCUT2D eigenvalue weighted by atomic mass is 9.97. The van der Waals surface area contributed by atoms with Gasteiger partial charge in [-0.2, -0.15) is 21.6 Å². The number of pyridine rings is 3. The summed E-state index contributed by atoms with van der Waals surface area (Å²) in [4.78, 5) is 27.1. The molecule has 38 heavy (non-hydrogen) atoms. The van der Waals surface area contributed by atoms with E-state index in [0.717, 1.165) is 12.5 Å². The number of hydrogen-bond acceptors (Lipinski definition) is 8. The van der Waals surface area contributed by atoms with Gasteiger partial charge in [0.25, 0.3) is 15.9 Å². The van der Waals surface area contributed by atoms with Crippen molar-refractivity contribution in [3.63, 3.8) is 0 Å². The number of carbonyl (C=O) groups excluding carboxylic acids is 1. The molecule has 3 aromatic heterocycles. The average molecular weight is 549 g/mol. The lowest BCUT2D eigenvalue weighted by molar-refractivity contribution is -0.141. The zero-order valence-corrected chi connectivity index (χ0v) is 21.8. The first-order valence-electron chi connectivity index (χ1n) is 11.8. The Hall–Kier alpha value is -3.74. The van der Waals surface area contributed by atoms with Crippen LogP contribution in [0.5, 0.6) is 0 Å². The summed E-state index contributed by atoms with van der Waals surface area (Å²) >= 11 is 0. The second kappa shape index (κ2) is 10.2.